The first-order chi connectivity index (χ1) is 9.33. The van der Waals surface area contributed by atoms with Crippen LogP contribution in [0.3, 0.4) is 0 Å². The van der Waals surface area contributed by atoms with Crippen LogP contribution in [0.15, 0.2) is 18.2 Å². The summed E-state index contributed by atoms with van der Waals surface area (Å²) in [7, 11) is -4.25. The van der Waals surface area contributed by atoms with Gasteiger partial charge in [0.2, 0.25) is 10.0 Å². The molecule has 0 aromatic heterocycles. The van der Waals surface area contributed by atoms with Gasteiger partial charge in [-0.2, -0.15) is 0 Å². The van der Waals surface area contributed by atoms with Gasteiger partial charge in [0.05, 0.1) is 11.9 Å². The molecule has 0 atom stereocenters. The average molecular weight is 320 g/mol. The molecule has 1 heterocycles. The molecule has 1 saturated heterocycles. The summed E-state index contributed by atoms with van der Waals surface area (Å²) in [5.41, 5.74) is 0.576. The third kappa shape index (κ3) is 4.45. The SMILES string of the molecule is CS(=O)(=O)Nc1cc(NC2CCS(=O)CC2)ccc1F. The van der Waals surface area contributed by atoms with Crippen LogP contribution in [-0.4, -0.2) is 36.4 Å². The lowest BCUT2D eigenvalue weighted by Crippen LogP contribution is -2.29. The van der Waals surface area contributed by atoms with E-state index in [2.05, 4.69) is 10.0 Å². The van der Waals surface area contributed by atoms with Gasteiger partial charge >= 0.3 is 0 Å². The lowest BCUT2D eigenvalue weighted by Gasteiger charge is -2.24. The molecule has 1 aromatic carbocycles. The van der Waals surface area contributed by atoms with Crippen molar-refractivity contribution in [3.8, 4) is 0 Å². The smallest absolute Gasteiger partial charge is 0.229 e. The highest BCUT2D eigenvalue weighted by Crippen LogP contribution is 2.23. The molecule has 112 valence electrons. The fourth-order valence-corrected chi connectivity index (χ4v) is 3.92. The Hall–Kier alpha value is -1.15. The Morgan fingerprint density at radius 2 is 1.95 bits per heavy atom. The Bertz CT molecular complexity index is 609. The van der Waals surface area contributed by atoms with Gasteiger partial charge in [0, 0.05) is 34.0 Å². The second-order valence-corrected chi connectivity index (χ2v) is 8.28. The summed E-state index contributed by atoms with van der Waals surface area (Å²) in [5.74, 6) is 0.700. The largest absolute Gasteiger partial charge is 0.382 e. The summed E-state index contributed by atoms with van der Waals surface area (Å²) in [4.78, 5) is 0. The van der Waals surface area contributed by atoms with Crippen LogP contribution in [0.25, 0.3) is 0 Å². The minimum absolute atomic E-state index is 0.0723. The van der Waals surface area contributed by atoms with Gasteiger partial charge in [-0.05, 0) is 31.0 Å². The minimum Gasteiger partial charge on any atom is -0.382 e. The summed E-state index contributed by atoms with van der Waals surface area (Å²) >= 11 is 0. The molecule has 0 radical (unpaired) electrons. The van der Waals surface area contributed by atoms with E-state index < -0.39 is 26.6 Å². The lowest BCUT2D eigenvalue weighted by molar-refractivity contribution is 0.603. The molecule has 2 rings (SSSR count). The van der Waals surface area contributed by atoms with Crippen molar-refractivity contribution in [1.82, 2.24) is 0 Å². The van der Waals surface area contributed by atoms with Crippen LogP contribution in [-0.2, 0) is 20.8 Å². The van der Waals surface area contributed by atoms with Crippen LogP contribution in [0, 0.1) is 5.82 Å². The van der Waals surface area contributed by atoms with Crippen LogP contribution in [0.2, 0.25) is 0 Å². The third-order valence-electron chi connectivity index (χ3n) is 3.02. The maximum Gasteiger partial charge on any atom is 0.229 e. The fourth-order valence-electron chi connectivity index (χ4n) is 2.07. The van der Waals surface area contributed by atoms with E-state index in [1.54, 1.807) is 6.07 Å². The van der Waals surface area contributed by atoms with Crippen molar-refractivity contribution in [2.75, 3.05) is 27.8 Å². The van der Waals surface area contributed by atoms with Gasteiger partial charge in [-0.3, -0.25) is 8.93 Å². The average Bonchev–Trinajstić information content (AvgIpc) is 2.34. The molecule has 1 aromatic rings. The quantitative estimate of drug-likeness (QED) is 0.882. The van der Waals surface area contributed by atoms with Crippen LogP contribution >= 0.6 is 0 Å². The van der Waals surface area contributed by atoms with Gasteiger partial charge in [0.1, 0.15) is 5.82 Å². The predicted octanol–water partition coefficient (Wildman–Crippen LogP) is 1.52. The first-order valence-corrected chi connectivity index (χ1v) is 9.60. The highest BCUT2D eigenvalue weighted by molar-refractivity contribution is 7.92. The van der Waals surface area contributed by atoms with Gasteiger partial charge < -0.3 is 5.32 Å². The molecule has 1 aliphatic rings. The van der Waals surface area contributed by atoms with E-state index in [1.165, 1.54) is 12.1 Å². The first-order valence-electron chi connectivity index (χ1n) is 6.22. The molecule has 0 spiro atoms. The normalized spacial score (nSPS) is 23.3. The molecule has 0 amide bonds. The zero-order valence-electron chi connectivity index (χ0n) is 11.1. The number of nitrogens with one attached hydrogen (secondary N) is 2. The predicted molar refractivity (Wildman–Crippen MR) is 79.4 cm³/mol. The lowest BCUT2D eigenvalue weighted by atomic mass is 10.1. The van der Waals surface area contributed by atoms with Crippen molar-refractivity contribution >= 4 is 32.2 Å². The zero-order chi connectivity index (χ0) is 14.8. The zero-order valence-corrected chi connectivity index (χ0v) is 12.7. The summed E-state index contributed by atoms with van der Waals surface area (Å²) < 4.78 is 49.3. The number of halogens is 1. The monoisotopic (exact) mass is 320 g/mol. The number of sulfonamides is 1. The molecule has 0 saturated carbocycles. The third-order valence-corrected chi connectivity index (χ3v) is 4.99. The highest BCUT2D eigenvalue weighted by atomic mass is 32.2. The van der Waals surface area contributed by atoms with Gasteiger partial charge in [0.15, 0.2) is 0 Å². The number of anilines is 2. The molecule has 1 aliphatic heterocycles. The van der Waals surface area contributed by atoms with Crippen LogP contribution in [0.5, 0.6) is 0 Å². The number of benzene rings is 1. The van der Waals surface area contributed by atoms with Crippen LogP contribution in [0.1, 0.15) is 12.8 Å². The Balaban J connectivity index is 2.09. The minimum atomic E-state index is -3.51. The van der Waals surface area contributed by atoms with Crippen molar-refractivity contribution in [3.63, 3.8) is 0 Å². The van der Waals surface area contributed by atoms with Crippen molar-refractivity contribution in [2.45, 2.75) is 18.9 Å². The van der Waals surface area contributed by atoms with Gasteiger partial charge in [-0.25, -0.2) is 12.8 Å². The Kier molecular flexibility index (Phi) is 4.64. The fraction of sp³-hybridized carbons (Fsp3) is 0.500. The van der Waals surface area contributed by atoms with E-state index in [0.717, 1.165) is 19.1 Å². The van der Waals surface area contributed by atoms with E-state index in [0.29, 0.717) is 17.2 Å². The number of rotatable bonds is 4. The summed E-state index contributed by atoms with van der Waals surface area (Å²) in [6.07, 6.45) is 2.56. The molecule has 5 nitrogen and oxygen atoms in total. The van der Waals surface area contributed by atoms with Crippen molar-refractivity contribution in [1.29, 1.82) is 0 Å². The summed E-state index contributed by atoms with van der Waals surface area (Å²) in [6.45, 7) is 0. The van der Waals surface area contributed by atoms with Gasteiger partial charge in [-0.15, -0.1) is 0 Å². The first kappa shape index (κ1) is 15.2. The molecule has 1 fully saturated rings. The van der Waals surface area contributed by atoms with Gasteiger partial charge in [0.25, 0.3) is 0 Å². The molecule has 0 aliphatic carbocycles. The highest BCUT2D eigenvalue weighted by Gasteiger charge is 2.18. The Morgan fingerprint density at radius 1 is 1.30 bits per heavy atom. The topological polar surface area (TPSA) is 75.3 Å². The molecule has 8 heteroatoms. The van der Waals surface area contributed by atoms with E-state index in [1.807, 2.05) is 0 Å². The van der Waals surface area contributed by atoms with Crippen molar-refractivity contribution in [3.05, 3.63) is 24.0 Å². The van der Waals surface area contributed by atoms with E-state index in [9.17, 15) is 17.0 Å². The van der Waals surface area contributed by atoms with E-state index >= 15 is 0 Å². The van der Waals surface area contributed by atoms with Gasteiger partial charge in [-0.1, -0.05) is 0 Å². The number of hydrogen-bond donors (Lipinski definition) is 2. The molecule has 0 bridgehead atoms. The number of hydrogen-bond acceptors (Lipinski definition) is 4. The maximum absolute atomic E-state index is 13.5. The van der Waals surface area contributed by atoms with E-state index in [4.69, 9.17) is 0 Å². The van der Waals surface area contributed by atoms with Crippen molar-refractivity contribution < 1.29 is 17.0 Å². The molecule has 2 N–H and O–H groups in total. The van der Waals surface area contributed by atoms with Crippen LogP contribution in [0.4, 0.5) is 15.8 Å². The molecule has 0 unspecified atom stereocenters. The summed E-state index contributed by atoms with van der Waals surface area (Å²) in [6, 6.07) is 4.40. The van der Waals surface area contributed by atoms with E-state index in [-0.39, 0.29) is 11.7 Å². The molecule has 20 heavy (non-hydrogen) atoms. The van der Waals surface area contributed by atoms with Crippen molar-refractivity contribution in [2.24, 2.45) is 0 Å². The molecular weight excluding hydrogens is 303 g/mol. The standard InChI is InChI=1S/C12H17FN2O3S2/c1-20(17,18)15-12-8-10(2-3-11(12)13)14-9-4-6-19(16)7-5-9/h2-3,8-9,14-15H,4-7H2,1H3. The maximum atomic E-state index is 13.5. The summed E-state index contributed by atoms with van der Waals surface area (Å²) in [5, 5.41) is 3.22. The molecular formula is C12H17FN2O3S2. The Morgan fingerprint density at radius 3 is 2.55 bits per heavy atom. The second-order valence-electron chi connectivity index (χ2n) is 4.84. The Labute approximate surface area is 120 Å². The second kappa shape index (κ2) is 6.09. The van der Waals surface area contributed by atoms with Crippen LogP contribution < -0.4 is 10.0 Å².